The molecule has 5 aliphatic carbocycles. The summed E-state index contributed by atoms with van der Waals surface area (Å²) in [5.74, 6) is 0.277. The molecule has 0 unspecified atom stereocenters. The summed E-state index contributed by atoms with van der Waals surface area (Å²) in [6.45, 7) is 14.2. The Morgan fingerprint density at radius 1 is 0.606 bits per heavy atom. The topological polar surface area (TPSA) is 287 Å². The van der Waals surface area contributed by atoms with E-state index in [0.29, 0.717) is 19.4 Å². The first-order chi connectivity index (χ1) is 30.9. The maximum Gasteiger partial charge on any atom is 0.187 e. The van der Waals surface area contributed by atoms with Crippen molar-refractivity contribution in [3.8, 4) is 0 Å². The summed E-state index contributed by atoms with van der Waals surface area (Å²) in [5, 5.41) is 120. The third-order valence-corrected chi connectivity index (χ3v) is 20.0. The third-order valence-electron chi connectivity index (χ3n) is 20.0. The molecule has 9 rings (SSSR count). The number of aliphatic hydroxyl groups is 11. The highest BCUT2D eigenvalue weighted by Crippen LogP contribution is 2.79. The van der Waals surface area contributed by atoms with Crippen molar-refractivity contribution in [2.75, 3.05) is 26.4 Å². The van der Waals surface area contributed by atoms with Gasteiger partial charge in [0.25, 0.3) is 0 Å². The number of ether oxygens (including phenoxy) is 7. The minimum Gasteiger partial charge on any atom is -0.396 e. The van der Waals surface area contributed by atoms with E-state index in [0.717, 1.165) is 38.5 Å². The van der Waals surface area contributed by atoms with Crippen LogP contribution in [0.15, 0.2) is 12.2 Å². The van der Waals surface area contributed by atoms with Crippen LogP contribution in [-0.4, -0.2) is 193 Å². The fourth-order valence-corrected chi connectivity index (χ4v) is 15.8. The smallest absolute Gasteiger partial charge is 0.187 e. The van der Waals surface area contributed by atoms with Gasteiger partial charge in [0.2, 0.25) is 0 Å². The maximum absolute atomic E-state index is 12.2. The summed E-state index contributed by atoms with van der Waals surface area (Å²) in [4.78, 5) is 0. The van der Waals surface area contributed by atoms with Crippen LogP contribution < -0.4 is 0 Å². The van der Waals surface area contributed by atoms with Gasteiger partial charge in [0, 0.05) is 22.2 Å². The predicted octanol–water partition coefficient (Wildman–Crippen LogP) is -0.399. The van der Waals surface area contributed by atoms with E-state index in [-0.39, 0.29) is 51.4 Å². The lowest BCUT2D eigenvalue weighted by molar-refractivity contribution is -0.391. The van der Waals surface area contributed by atoms with Gasteiger partial charge in [-0.1, -0.05) is 53.7 Å². The summed E-state index contributed by atoms with van der Waals surface area (Å²) in [5.41, 5.74) is -2.28. The predicted molar refractivity (Wildman–Crippen MR) is 229 cm³/mol. The van der Waals surface area contributed by atoms with Crippen LogP contribution in [0.3, 0.4) is 0 Å². The van der Waals surface area contributed by atoms with E-state index in [1.54, 1.807) is 6.92 Å². The summed E-state index contributed by atoms with van der Waals surface area (Å²) >= 11 is 0. The van der Waals surface area contributed by atoms with Gasteiger partial charge in [-0.25, -0.2) is 0 Å². The molecule has 4 aliphatic heterocycles. The first-order valence-corrected chi connectivity index (χ1v) is 24.5. The molecule has 8 fully saturated rings. The molecule has 1 spiro atoms. The van der Waals surface area contributed by atoms with E-state index in [1.807, 2.05) is 6.92 Å². The fourth-order valence-electron chi connectivity index (χ4n) is 15.8. The summed E-state index contributed by atoms with van der Waals surface area (Å²) in [6.07, 6.45) is -14.0. The molecule has 0 amide bonds. The Morgan fingerprint density at radius 2 is 1.24 bits per heavy atom. The molecule has 0 radical (unpaired) electrons. The second kappa shape index (κ2) is 17.1. The summed E-state index contributed by atoms with van der Waals surface area (Å²) in [6, 6.07) is 0. The molecule has 9 aliphatic rings. The molecule has 18 heteroatoms. The molecule has 18 nitrogen and oxygen atoms in total. The number of hydrogen-bond acceptors (Lipinski definition) is 18. The van der Waals surface area contributed by atoms with Crippen LogP contribution >= 0.6 is 0 Å². The second-order valence-corrected chi connectivity index (χ2v) is 23.8. The zero-order valence-electron chi connectivity index (χ0n) is 39.5. The minimum atomic E-state index is -1.90. The molecule has 11 N–H and O–H groups in total. The second-order valence-electron chi connectivity index (χ2n) is 23.8. The standard InChI is InChI=1S/C48H78O18/c1-22-30(53)37(65-41-38(34(57)32(55)24(19-50)63-41)66-39-35(58)33(56)31(54)23(18-49)62-39)36(59)40(61-22)64-29-10-11-43(4)25(44(29,5)20-51)8-12-45(6)26(43)9-13-48-27-16-42(2,3)14-15-47(27,21-60-48)28(52)17-46(45,48)7/h9,13,22-41,49-59H,8,10-12,14-21H2,1-7H3/t22-,23-,24-,25+,26+,27+,28-,29+,30-,31-,32-,33+,34+,35-,36-,37+,38-,39+,40+,41+,43-,44-,45+,46+,47-,48+/m0/s1. The highest BCUT2D eigenvalue weighted by molar-refractivity contribution is 5.36. The van der Waals surface area contributed by atoms with Crippen molar-refractivity contribution in [2.45, 2.75) is 210 Å². The monoisotopic (exact) mass is 943 g/mol. The molecule has 4 saturated heterocycles. The van der Waals surface area contributed by atoms with E-state index in [9.17, 15) is 56.2 Å². The first-order valence-electron chi connectivity index (χ1n) is 24.5. The van der Waals surface area contributed by atoms with Gasteiger partial charge in [0.05, 0.1) is 50.3 Å². The number of hydrogen-bond donors (Lipinski definition) is 11. The number of rotatable bonds is 9. The van der Waals surface area contributed by atoms with E-state index < -0.39 is 129 Å². The van der Waals surface area contributed by atoms with E-state index >= 15 is 0 Å². The van der Waals surface area contributed by atoms with Crippen LogP contribution in [0.4, 0.5) is 0 Å². The van der Waals surface area contributed by atoms with Crippen molar-refractivity contribution < 1.29 is 89.3 Å². The van der Waals surface area contributed by atoms with E-state index in [4.69, 9.17) is 33.2 Å². The van der Waals surface area contributed by atoms with Crippen LogP contribution in [0.5, 0.6) is 0 Å². The van der Waals surface area contributed by atoms with Crippen molar-refractivity contribution in [1.29, 1.82) is 0 Å². The van der Waals surface area contributed by atoms with Gasteiger partial charge >= 0.3 is 0 Å². The number of allylic oxidation sites excluding steroid dienone is 1. The Morgan fingerprint density at radius 3 is 1.91 bits per heavy atom. The molecule has 378 valence electrons. The molecular weight excluding hydrogens is 865 g/mol. The van der Waals surface area contributed by atoms with Crippen LogP contribution in [0.2, 0.25) is 0 Å². The van der Waals surface area contributed by atoms with Gasteiger partial charge in [-0.05, 0) is 86.4 Å². The lowest BCUT2D eigenvalue weighted by Crippen LogP contribution is -2.72. The molecule has 4 saturated carbocycles. The lowest BCUT2D eigenvalue weighted by Gasteiger charge is -2.73. The molecule has 2 bridgehead atoms. The highest BCUT2D eigenvalue weighted by atomic mass is 16.8. The van der Waals surface area contributed by atoms with E-state index in [2.05, 4.69) is 46.8 Å². The van der Waals surface area contributed by atoms with Crippen LogP contribution in [0.25, 0.3) is 0 Å². The quantitative estimate of drug-likeness (QED) is 0.104. The normalized spacial score (nSPS) is 58.8. The molecule has 0 aromatic heterocycles. The summed E-state index contributed by atoms with van der Waals surface area (Å²) in [7, 11) is 0. The summed E-state index contributed by atoms with van der Waals surface area (Å²) < 4.78 is 43.3. The Balaban J connectivity index is 0.953. The Labute approximate surface area is 387 Å². The van der Waals surface area contributed by atoms with Crippen molar-refractivity contribution in [2.24, 2.45) is 50.2 Å². The van der Waals surface area contributed by atoms with Gasteiger partial charge in [-0.2, -0.15) is 0 Å². The van der Waals surface area contributed by atoms with Crippen LogP contribution in [-0.2, 0) is 33.2 Å². The van der Waals surface area contributed by atoms with Crippen LogP contribution in [0.1, 0.15) is 99.8 Å². The Bertz CT molecular complexity index is 1800. The zero-order valence-corrected chi connectivity index (χ0v) is 39.5. The third kappa shape index (κ3) is 7.01. The lowest BCUT2D eigenvalue weighted by atomic mass is 9.32. The van der Waals surface area contributed by atoms with Crippen molar-refractivity contribution in [3.63, 3.8) is 0 Å². The maximum atomic E-state index is 12.2. The highest BCUT2D eigenvalue weighted by Gasteiger charge is 2.79. The molecule has 0 aromatic carbocycles. The average molecular weight is 943 g/mol. The number of aliphatic hydroxyl groups excluding tert-OH is 11. The minimum absolute atomic E-state index is 0.0325. The molecule has 0 aromatic rings. The molecule has 66 heavy (non-hydrogen) atoms. The van der Waals surface area contributed by atoms with Crippen molar-refractivity contribution in [1.82, 2.24) is 0 Å². The molecular formula is C48H78O18. The average Bonchev–Trinajstić information content (AvgIpc) is 3.55. The fraction of sp³-hybridized carbons (Fsp3) is 0.958. The molecule has 4 heterocycles. The largest absolute Gasteiger partial charge is 0.396 e. The van der Waals surface area contributed by atoms with Crippen molar-refractivity contribution in [3.05, 3.63) is 12.2 Å². The first kappa shape index (κ1) is 50.0. The Kier molecular flexibility index (Phi) is 12.9. The molecule has 26 atom stereocenters. The number of fused-ring (bicyclic) bond motifs is 4. The van der Waals surface area contributed by atoms with Gasteiger partial charge < -0.3 is 89.3 Å². The van der Waals surface area contributed by atoms with E-state index in [1.165, 1.54) is 0 Å². The van der Waals surface area contributed by atoms with Gasteiger partial charge in [-0.3, -0.25) is 0 Å². The SMILES string of the molecule is C[C@@H]1O[C@H](O[C@@H]2CC[C@@]3(C)[C@@H](CC[C@]4(C)[C@@H]3C=C[C@@]35OC[C@]6(CCC(C)(C)C[C@H]63)[C@@H](O)C[C@]45C)[C@]2(C)CO)[C@@H](O)[C@H](O[C@H]2O[C@@H](CO)[C@H](O)[C@@H](O)[C@@H]2O[C@H]2O[C@@H](CO)[C@H](O)[C@@H](O)[C@@H]2O)[C@H]1O. The van der Waals surface area contributed by atoms with Crippen molar-refractivity contribution >= 4 is 0 Å². The van der Waals surface area contributed by atoms with Gasteiger partial charge in [0.1, 0.15) is 67.1 Å². The van der Waals surface area contributed by atoms with Crippen LogP contribution in [0, 0.1) is 50.2 Å². The van der Waals surface area contributed by atoms with Gasteiger partial charge in [-0.15, -0.1) is 0 Å². The Hall–Kier alpha value is -0.980. The zero-order chi connectivity index (χ0) is 47.9. The van der Waals surface area contributed by atoms with Gasteiger partial charge in [0.15, 0.2) is 18.9 Å².